The fourth-order valence-electron chi connectivity index (χ4n) is 1.55. The Morgan fingerprint density at radius 2 is 2.18 bits per heavy atom. The molecule has 0 radical (unpaired) electrons. The van der Waals surface area contributed by atoms with E-state index in [4.69, 9.17) is 21.8 Å². The van der Waals surface area contributed by atoms with E-state index in [0.29, 0.717) is 6.54 Å². The molecule has 0 aliphatic carbocycles. The number of furan rings is 1. The maximum Gasteiger partial charge on any atom is 0.118 e. The Kier molecular flexibility index (Phi) is 4.15. The number of rotatable bonds is 4. The average molecular weight is 268 g/mol. The van der Waals surface area contributed by atoms with Crippen molar-refractivity contribution in [3.8, 4) is 0 Å². The van der Waals surface area contributed by atoms with Crippen LogP contribution in [0, 0.1) is 6.92 Å². The highest BCUT2D eigenvalue weighted by atomic mass is 35.5. The largest absolute Gasteiger partial charge is 0.465 e. The summed E-state index contributed by atoms with van der Waals surface area (Å²) in [4.78, 5) is 1.10. The third-order valence-electron chi connectivity index (χ3n) is 2.37. The SMILES string of the molecule is Cc1ccc(C(CN)Sc2cccc(Cl)c2)o1. The molecular formula is C13H14ClNOS. The first-order valence-corrected chi connectivity index (χ1v) is 6.63. The first kappa shape index (κ1) is 12.6. The number of benzene rings is 1. The van der Waals surface area contributed by atoms with Crippen molar-refractivity contribution in [2.45, 2.75) is 17.1 Å². The zero-order chi connectivity index (χ0) is 12.3. The minimum Gasteiger partial charge on any atom is -0.465 e. The summed E-state index contributed by atoms with van der Waals surface area (Å²) >= 11 is 7.62. The van der Waals surface area contributed by atoms with Gasteiger partial charge in [-0.05, 0) is 37.3 Å². The third kappa shape index (κ3) is 3.28. The highest BCUT2D eigenvalue weighted by Gasteiger charge is 2.15. The van der Waals surface area contributed by atoms with Crippen molar-refractivity contribution in [3.05, 3.63) is 52.9 Å². The van der Waals surface area contributed by atoms with E-state index >= 15 is 0 Å². The van der Waals surface area contributed by atoms with Gasteiger partial charge in [0.25, 0.3) is 0 Å². The van der Waals surface area contributed by atoms with Crippen LogP contribution in [0.15, 0.2) is 45.7 Å². The zero-order valence-corrected chi connectivity index (χ0v) is 11.1. The maximum atomic E-state index is 5.95. The van der Waals surface area contributed by atoms with Gasteiger partial charge in [0.05, 0.1) is 5.25 Å². The summed E-state index contributed by atoms with van der Waals surface area (Å²) in [6, 6.07) is 11.7. The van der Waals surface area contributed by atoms with Crippen molar-refractivity contribution < 1.29 is 4.42 Å². The van der Waals surface area contributed by atoms with Gasteiger partial charge in [-0.1, -0.05) is 17.7 Å². The fraction of sp³-hybridized carbons (Fsp3) is 0.231. The van der Waals surface area contributed by atoms with Crippen molar-refractivity contribution in [2.24, 2.45) is 5.73 Å². The molecule has 4 heteroatoms. The smallest absolute Gasteiger partial charge is 0.118 e. The van der Waals surface area contributed by atoms with Crippen LogP contribution < -0.4 is 5.73 Å². The summed E-state index contributed by atoms with van der Waals surface area (Å²) in [7, 11) is 0. The van der Waals surface area contributed by atoms with Crippen molar-refractivity contribution in [2.75, 3.05) is 6.54 Å². The third-order valence-corrected chi connectivity index (χ3v) is 3.84. The molecule has 0 saturated carbocycles. The molecule has 0 bridgehead atoms. The Balaban J connectivity index is 2.15. The van der Waals surface area contributed by atoms with Gasteiger partial charge in [-0.15, -0.1) is 11.8 Å². The average Bonchev–Trinajstić information content (AvgIpc) is 2.73. The standard InChI is InChI=1S/C13H14ClNOS/c1-9-5-6-12(16-9)13(8-15)17-11-4-2-3-10(14)7-11/h2-7,13H,8,15H2,1H3. The molecule has 0 aliphatic heterocycles. The van der Waals surface area contributed by atoms with Gasteiger partial charge in [0.15, 0.2) is 0 Å². The molecule has 17 heavy (non-hydrogen) atoms. The van der Waals surface area contributed by atoms with Crippen molar-refractivity contribution in [3.63, 3.8) is 0 Å². The second-order valence-corrected chi connectivity index (χ2v) is 5.46. The molecule has 2 N–H and O–H groups in total. The monoisotopic (exact) mass is 267 g/mol. The van der Waals surface area contributed by atoms with E-state index in [9.17, 15) is 0 Å². The van der Waals surface area contributed by atoms with Crippen LogP contribution in [0.4, 0.5) is 0 Å². The normalized spacial score (nSPS) is 12.6. The molecule has 0 saturated heterocycles. The van der Waals surface area contributed by atoms with Crippen molar-refractivity contribution in [1.82, 2.24) is 0 Å². The maximum absolute atomic E-state index is 5.95. The number of thioether (sulfide) groups is 1. The zero-order valence-electron chi connectivity index (χ0n) is 9.52. The molecule has 1 aromatic heterocycles. The highest BCUT2D eigenvalue weighted by molar-refractivity contribution is 7.99. The van der Waals surface area contributed by atoms with Crippen LogP contribution in [0.2, 0.25) is 5.02 Å². The second-order valence-electron chi connectivity index (χ2n) is 3.75. The van der Waals surface area contributed by atoms with E-state index in [1.54, 1.807) is 11.8 Å². The number of halogens is 1. The summed E-state index contributed by atoms with van der Waals surface area (Å²) in [5.41, 5.74) is 5.79. The lowest BCUT2D eigenvalue weighted by Gasteiger charge is -2.11. The van der Waals surface area contributed by atoms with E-state index in [2.05, 4.69) is 0 Å². The van der Waals surface area contributed by atoms with E-state index in [1.165, 1.54) is 0 Å². The van der Waals surface area contributed by atoms with Gasteiger partial charge >= 0.3 is 0 Å². The summed E-state index contributed by atoms with van der Waals surface area (Å²) < 4.78 is 5.61. The number of nitrogens with two attached hydrogens (primary N) is 1. The molecule has 0 aliphatic rings. The number of aryl methyl sites for hydroxylation is 1. The van der Waals surface area contributed by atoms with E-state index in [0.717, 1.165) is 21.4 Å². The molecule has 1 aromatic carbocycles. The van der Waals surface area contributed by atoms with Crippen LogP contribution in [0.25, 0.3) is 0 Å². The van der Waals surface area contributed by atoms with Gasteiger partial charge in [-0.2, -0.15) is 0 Å². The van der Waals surface area contributed by atoms with Gasteiger partial charge in [-0.3, -0.25) is 0 Å². The molecule has 1 heterocycles. The van der Waals surface area contributed by atoms with Gasteiger partial charge in [0, 0.05) is 16.5 Å². The van der Waals surface area contributed by atoms with Crippen molar-refractivity contribution >= 4 is 23.4 Å². The molecular weight excluding hydrogens is 254 g/mol. The molecule has 1 atom stereocenters. The minimum absolute atomic E-state index is 0.127. The molecule has 0 amide bonds. The Morgan fingerprint density at radius 3 is 2.76 bits per heavy atom. The van der Waals surface area contributed by atoms with Crippen LogP contribution in [-0.4, -0.2) is 6.54 Å². The lowest BCUT2D eigenvalue weighted by Crippen LogP contribution is -2.08. The van der Waals surface area contributed by atoms with Gasteiger partial charge in [-0.25, -0.2) is 0 Å². The summed E-state index contributed by atoms with van der Waals surface area (Å²) in [5, 5.41) is 0.864. The lowest BCUT2D eigenvalue weighted by molar-refractivity contribution is 0.481. The first-order chi connectivity index (χ1) is 8.19. The lowest BCUT2D eigenvalue weighted by atomic mass is 10.3. The van der Waals surface area contributed by atoms with Crippen LogP contribution in [0.1, 0.15) is 16.8 Å². The molecule has 0 spiro atoms. The van der Waals surface area contributed by atoms with Gasteiger partial charge in [0.1, 0.15) is 11.5 Å². The Bertz CT molecular complexity index is 498. The predicted molar refractivity (Wildman–Crippen MR) is 72.5 cm³/mol. The molecule has 0 fully saturated rings. The summed E-state index contributed by atoms with van der Waals surface area (Å²) in [6.45, 7) is 2.46. The Hall–Kier alpha value is -0.900. The molecule has 2 rings (SSSR count). The minimum atomic E-state index is 0.127. The summed E-state index contributed by atoms with van der Waals surface area (Å²) in [6.07, 6.45) is 0. The summed E-state index contributed by atoms with van der Waals surface area (Å²) in [5.74, 6) is 1.82. The van der Waals surface area contributed by atoms with Gasteiger partial charge < -0.3 is 10.2 Å². The number of hydrogen-bond donors (Lipinski definition) is 1. The fourth-order valence-corrected chi connectivity index (χ4v) is 2.83. The Morgan fingerprint density at radius 1 is 1.35 bits per heavy atom. The van der Waals surface area contributed by atoms with E-state index in [1.807, 2.05) is 43.3 Å². The van der Waals surface area contributed by atoms with E-state index < -0.39 is 0 Å². The highest BCUT2D eigenvalue weighted by Crippen LogP contribution is 2.35. The van der Waals surface area contributed by atoms with E-state index in [-0.39, 0.29) is 5.25 Å². The molecule has 2 aromatic rings. The number of hydrogen-bond acceptors (Lipinski definition) is 3. The molecule has 2 nitrogen and oxygen atoms in total. The Labute approximate surface area is 110 Å². The molecule has 1 unspecified atom stereocenters. The predicted octanol–water partition coefficient (Wildman–Crippen LogP) is 4.03. The van der Waals surface area contributed by atoms with Crippen molar-refractivity contribution in [1.29, 1.82) is 0 Å². The van der Waals surface area contributed by atoms with Crippen LogP contribution in [0.3, 0.4) is 0 Å². The topological polar surface area (TPSA) is 39.2 Å². The molecule has 90 valence electrons. The first-order valence-electron chi connectivity index (χ1n) is 5.37. The quantitative estimate of drug-likeness (QED) is 0.850. The van der Waals surface area contributed by atoms with Crippen LogP contribution >= 0.6 is 23.4 Å². The van der Waals surface area contributed by atoms with Crippen LogP contribution in [-0.2, 0) is 0 Å². The van der Waals surface area contributed by atoms with Gasteiger partial charge in [0.2, 0.25) is 0 Å². The second kappa shape index (κ2) is 5.63. The van der Waals surface area contributed by atoms with Crippen LogP contribution in [0.5, 0.6) is 0 Å².